The summed E-state index contributed by atoms with van der Waals surface area (Å²) in [5, 5.41) is 8.70. The Hall–Kier alpha value is -2.40. The van der Waals surface area contributed by atoms with Crippen LogP contribution in [-0.4, -0.2) is 47.9 Å². The van der Waals surface area contributed by atoms with Crippen LogP contribution in [0.4, 0.5) is 0 Å². The molecule has 5 nitrogen and oxygen atoms in total. The lowest BCUT2D eigenvalue weighted by Gasteiger charge is -2.34. The third-order valence-electron chi connectivity index (χ3n) is 7.03. The first-order valence-electron chi connectivity index (χ1n) is 11.0. The number of nitrogens with zero attached hydrogens (tertiary/aromatic N) is 1. The third-order valence-corrected chi connectivity index (χ3v) is 7.03. The fourth-order valence-corrected chi connectivity index (χ4v) is 5.53. The molecule has 152 valence electrons. The largest absolute Gasteiger partial charge is 0.350 e. The van der Waals surface area contributed by atoms with E-state index in [1.165, 1.54) is 6.42 Å². The maximum atomic E-state index is 13.6. The number of amides is 2. The Morgan fingerprint density at radius 2 is 1.83 bits per heavy atom. The van der Waals surface area contributed by atoms with Crippen LogP contribution in [0.1, 0.15) is 48.9 Å². The lowest BCUT2D eigenvalue weighted by atomic mass is 9.84. The van der Waals surface area contributed by atoms with Crippen LogP contribution in [0.5, 0.6) is 0 Å². The summed E-state index contributed by atoms with van der Waals surface area (Å²) in [5.74, 6) is 0.489. The van der Waals surface area contributed by atoms with Crippen molar-refractivity contribution in [3.05, 3.63) is 48.0 Å². The predicted octanol–water partition coefficient (Wildman–Crippen LogP) is 3.09. The summed E-state index contributed by atoms with van der Waals surface area (Å²) in [6.45, 7) is 1.77. The van der Waals surface area contributed by atoms with Gasteiger partial charge in [-0.15, -0.1) is 0 Å². The molecule has 4 atom stereocenters. The molecule has 2 heterocycles. The van der Waals surface area contributed by atoms with Gasteiger partial charge in [-0.1, -0.05) is 43.2 Å². The second-order valence-electron chi connectivity index (χ2n) is 8.84. The summed E-state index contributed by atoms with van der Waals surface area (Å²) in [6, 6.07) is 14.0. The molecule has 1 aliphatic carbocycles. The average molecular weight is 392 g/mol. The smallest absolute Gasteiger partial charge is 0.254 e. The quantitative estimate of drug-likeness (QED) is 0.845. The summed E-state index contributed by atoms with van der Waals surface area (Å²) in [4.78, 5) is 28.7. The first-order valence-corrected chi connectivity index (χ1v) is 11.0. The normalized spacial score (nSPS) is 29.0. The highest BCUT2D eigenvalue weighted by atomic mass is 16.2. The van der Waals surface area contributed by atoms with E-state index in [0.717, 1.165) is 56.0 Å². The van der Waals surface area contributed by atoms with E-state index in [2.05, 4.69) is 16.7 Å². The monoisotopic (exact) mass is 391 g/mol. The SMILES string of the molecule is O=C(NC1CCNC1)C1CC2CCCCC2N1C(=O)c1ccc2ccccc2c1. The van der Waals surface area contributed by atoms with Crippen molar-refractivity contribution in [2.24, 2.45) is 5.92 Å². The fourth-order valence-electron chi connectivity index (χ4n) is 5.53. The van der Waals surface area contributed by atoms with Crippen molar-refractivity contribution in [1.29, 1.82) is 0 Å². The number of likely N-dealkylation sites (tertiary alicyclic amines) is 1. The molecule has 4 unspecified atom stereocenters. The number of rotatable bonds is 3. The molecule has 0 spiro atoms. The number of benzene rings is 2. The van der Waals surface area contributed by atoms with E-state index >= 15 is 0 Å². The molecule has 3 aliphatic rings. The van der Waals surface area contributed by atoms with Gasteiger partial charge >= 0.3 is 0 Å². The van der Waals surface area contributed by atoms with Crippen molar-refractivity contribution in [2.75, 3.05) is 13.1 Å². The van der Waals surface area contributed by atoms with Crippen molar-refractivity contribution < 1.29 is 9.59 Å². The van der Waals surface area contributed by atoms with Crippen LogP contribution in [0, 0.1) is 5.92 Å². The van der Waals surface area contributed by atoms with Crippen LogP contribution in [0.2, 0.25) is 0 Å². The molecule has 0 aromatic heterocycles. The molecule has 2 aromatic rings. The van der Waals surface area contributed by atoms with Crippen LogP contribution in [0.15, 0.2) is 42.5 Å². The summed E-state index contributed by atoms with van der Waals surface area (Å²) < 4.78 is 0. The highest BCUT2D eigenvalue weighted by Gasteiger charge is 2.47. The van der Waals surface area contributed by atoms with Crippen LogP contribution >= 0.6 is 0 Å². The number of nitrogens with one attached hydrogen (secondary N) is 2. The summed E-state index contributed by atoms with van der Waals surface area (Å²) in [5.41, 5.74) is 0.690. The van der Waals surface area contributed by atoms with E-state index in [1.54, 1.807) is 0 Å². The Balaban J connectivity index is 1.44. The lowest BCUT2D eigenvalue weighted by Crippen LogP contribution is -2.51. The molecule has 29 heavy (non-hydrogen) atoms. The van der Waals surface area contributed by atoms with Gasteiger partial charge in [0, 0.05) is 24.2 Å². The van der Waals surface area contributed by atoms with Gasteiger partial charge in [-0.25, -0.2) is 0 Å². The lowest BCUT2D eigenvalue weighted by molar-refractivity contribution is -0.125. The molecule has 0 bridgehead atoms. The maximum absolute atomic E-state index is 13.6. The standard InChI is InChI=1S/C24H29N3O2/c28-23(26-20-11-12-25-15-20)22-14-18-7-3-4-8-21(18)27(22)24(29)19-10-9-16-5-1-2-6-17(16)13-19/h1-2,5-6,9-10,13,18,20-22,25H,3-4,7-8,11-12,14-15H2,(H,26,28). The van der Waals surface area contributed by atoms with Crippen molar-refractivity contribution in [3.63, 3.8) is 0 Å². The molecule has 5 rings (SSSR count). The van der Waals surface area contributed by atoms with E-state index < -0.39 is 0 Å². The number of hydrogen-bond acceptors (Lipinski definition) is 3. The van der Waals surface area contributed by atoms with Gasteiger partial charge in [0.2, 0.25) is 5.91 Å². The first-order chi connectivity index (χ1) is 14.2. The topological polar surface area (TPSA) is 61.4 Å². The third kappa shape index (κ3) is 3.52. The van der Waals surface area contributed by atoms with Gasteiger partial charge in [0.15, 0.2) is 0 Å². The highest BCUT2D eigenvalue weighted by molar-refractivity contribution is 6.01. The predicted molar refractivity (Wildman–Crippen MR) is 114 cm³/mol. The molecule has 1 saturated carbocycles. The summed E-state index contributed by atoms with van der Waals surface area (Å²) in [7, 11) is 0. The Labute approximate surface area is 171 Å². The Bertz CT molecular complexity index is 921. The molecule has 2 saturated heterocycles. The number of hydrogen-bond donors (Lipinski definition) is 2. The average Bonchev–Trinajstić information content (AvgIpc) is 3.40. The maximum Gasteiger partial charge on any atom is 0.254 e. The van der Waals surface area contributed by atoms with E-state index in [9.17, 15) is 9.59 Å². The van der Waals surface area contributed by atoms with E-state index in [4.69, 9.17) is 0 Å². The van der Waals surface area contributed by atoms with E-state index in [1.807, 2.05) is 41.3 Å². The molecule has 2 aromatic carbocycles. The number of carbonyl (C=O) groups is 2. The van der Waals surface area contributed by atoms with Crippen LogP contribution < -0.4 is 10.6 Å². The fraction of sp³-hybridized carbons (Fsp3) is 0.500. The Morgan fingerprint density at radius 3 is 2.66 bits per heavy atom. The Morgan fingerprint density at radius 1 is 1.00 bits per heavy atom. The zero-order valence-electron chi connectivity index (χ0n) is 16.8. The Kier molecular flexibility index (Phi) is 5.00. The molecule has 2 amide bonds. The second kappa shape index (κ2) is 7.79. The van der Waals surface area contributed by atoms with Gasteiger partial charge in [-0.2, -0.15) is 0 Å². The number of carbonyl (C=O) groups excluding carboxylic acids is 2. The minimum atomic E-state index is -0.345. The van der Waals surface area contributed by atoms with Gasteiger partial charge in [-0.05, 0) is 61.1 Å². The van der Waals surface area contributed by atoms with Crippen LogP contribution in [-0.2, 0) is 4.79 Å². The zero-order valence-corrected chi connectivity index (χ0v) is 16.8. The molecule has 0 radical (unpaired) electrons. The minimum absolute atomic E-state index is 0.00912. The van der Waals surface area contributed by atoms with Crippen LogP contribution in [0.25, 0.3) is 10.8 Å². The van der Waals surface area contributed by atoms with Gasteiger partial charge in [0.25, 0.3) is 5.91 Å². The van der Waals surface area contributed by atoms with Gasteiger partial charge in [-0.3, -0.25) is 9.59 Å². The van der Waals surface area contributed by atoms with Crippen molar-refractivity contribution in [1.82, 2.24) is 15.5 Å². The molecular weight excluding hydrogens is 362 g/mol. The van der Waals surface area contributed by atoms with E-state index in [0.29, 0.717) is 11.5 Å². The molecule has 3 fully saturated rings. The van der Waals surface area contributed by atoms with Crippen molar-refractivity contribution >= 4 is 22.6 Å². The zero-order chi connectivity index (χ0) is 19.8. The highest BCUT2D eigenvalue weighted by Crippen LogP contribution is 2.40. The van der Waals surface area contributed by atoms with Crippen molar-refractivity contribution in [3.8, 4) is 0 Å². The first kappa shape index (κ1) is 18.6. The molecular formula is C24H29N3O2. The van der Waals surface area contributed by atoms with E-state index in [-0.39, 0.29) is 29.9 Å². The van der Waals surface area contributed by atoms with Gasteiger partial charge < -0.3 is 15.5 Å². The second-order valence-corrected chi connectivity index (χ2v) is 8.84. The minimum Gasteiger partial charge on any atom is -0.350 e. The van der Waals surface area contributed by atoms with Crippen LogP contribution in [0.3, 0.4) is 0 Å². The molecule has 2 N–H and O–H groups in total. The number of fused-ring (bicyclic) bond motifs is 2. The van der Waals surface area contributed by atoms with Gasteiger partial charge in [0.1, 0.15) is 6.04 Å². The molecule has 2 aliphatic heterocycles. The van der Waals surface area contributed by atoms with Gasteiger partial charge in [0.05, 0.1) is 0 Å². The summed E-state index contributed by atoms with van der Waals surface area (Å²) >= 11 is 0. The summed E-state index contributed by atoms with van der Waals surface area (Å²) in [6.07, 6.45) is 6.25. The van der Waals surface area contributed by atoms with Crippen molar-refractivity contribution in [2.45, 2.75) is 56.7 Å². The molecule has 5 heteroatoms.